The maximum atomic E-state index is 12.5. The van der Waals surface area contributed by atoms with Gasteiger partial charge in [-0.2, -0.15) is 4.98 Å². The second-order valence-corrected chi connectivity index (χ2v) is 7.18. The number of ether oxygens (including phenoxy) is 1. The number of hydrogen-bond donors (Lipinski definition) is 1. The van der Waals surface area contributed by atoms with E-state index in [0.29, 0.717) is 23.7 Å². The van der Waals surface area contributed by atoms with Gasteiger partial charge < -0.3 is 19.1 Å². The Hall–Kier alpha value is -4.20. The van der Waals surface area contributed by atoms with Crippen molar-refractivity contribution in [1.82, 2.24) is 14.7 Å². The number of carbonyl (C=O) groups excluding carboxylic acids is 1. The maximum Gasteiger partial charge on any atom is 0.259 e. The van der Waals surface area contributed by atoms with Crippen LogP contribution in [0, 0.1) is 6.92 Å². The Morgan fingerprint density at radius 3 is 2.66 bits per heavy atom. The zero-order valence-electron chi connectivity index (χ0n) is 17.7. The van der Waals surface area contributed by atoms with Crippen molar-refractivity contribution in [3.63, 3.8) is 0 Å². The first kappa shape index (κ1) is 21.0. The molecule has 2 aromatic carbocycles. The Morgan fingerprint density at radius 1 is 1.09 bits per heavy atom. The zero-order chi connectivity index (χ0) is 22.5. The normalized spacial score (nSPS) is 10.7. The summed E-state index contributed by atoms with van der Waals surface area (Å²) in [5.74, 6) is 1.11. The molecule has 8 heteroatoms. The summed E-state index contributed by atoms with van der Waals surface area (Å²) < 4.78 is 12.1. The summed E-state index contributed by atoms with van der Waals surface area (Å²) in [6, 6.07) is 17.8. The number of rotatable bonds is 7. The number of benzene rings is 2. The lowest BCUT2D eigenvalue weighted by molar-refractivity contribution is -0.116. The Morgan fingerprint density at radius 2 is 1.91 bits per heavy atom. The number of anilines is 1. The fourth-order valence-corrected chi connectivity index (χ4v) is 3.18. The Bertz CT molecular complexity index is 1290. The standard InChI is InChI=1S/C24H22N4O4/c1-3-31-20-10-8-19(9-11-20)25-21(29)15-28-14-18(7-12-22(28)30)24-26-23(27-32-24)17-6-4-5-16(2)13-17/h4-14H,3,15H2,1-2H3,(H,25,29). The minimum atomic E-state index is -0.334. The molecule has 8 nitrogen and oxygen atoms in total. The quantitative estimate of drug-likeness (QED) is 0.477. The average molecular weight is 430 g/mol. The molecule has 0 bridgehead atoms. The van der Waals surface area contributed by atoms with Gasteiger partial charge in [-0.05, 0) is 50.2 Å². The van der Waals surface area contributed by atoms with Crippen LogP contribution in [0.4, 0.5) is 5.69 Å². The van der Waals surface area contributed by atoms with Crippen molar-refractivity contribution in [3.05, 3.63) is 82.8 Å². The minimum absolute atomic E-state index is 0.154. The number of amides is 1. The molecule has 4 rings (SSSR count). The SMILES string of the molecule is CCOc1ccc(NC(=O)Cn2cc(-c3nc(-c4cccc(C)c4)no3)ccc2=O)cc1. The van der Waals surface area contributed by atoms with E-state index in [9.17, 15) is 9.59 Å². The Balaban J connectivity index is 1.49. The minimum Gasteiger partial charge on any atom is -0.494 e. The number of nitrogens with zero attached hydrogens (tertiary/aromatic N) is 3. The molecule has 32 heavy (non-hydrogen) atoms. The first-order valence-corrected chi connectivity index (χ1v) is 10.2. The van der Waals surface area contributed by atoms with Gasteiger partial charge in [0.1, 0.15) is 12.3 Å². The molecule has 2 aromatic heterocycles. The summed E-state index contributed by atoms with van der Waals surface area (Å²) in [6.45, 7) is 4.30. The van der Waals surface area contributed by atoms with Crippen LogP contribution >= 0.6 is 0 Å². The molecule has 0 saturated carbocycles. The highest BCUT2D eigenvalue weighted by Crippen LogP contribution is 2.22. The van der Waals surface area contributed by atoms with Crippen LogP contribution in [0.15, 0.2) is 76.2 Å². The van der Waals surface area contributed by atoms with Crippen molar-refractivity contribution in [1.29, 1.82) is 0 Å². The maximum absolute atomic E-state index is 12.5. The third-order valence-electron chi connectivity index (χ3n) is 4.70. The van der Waals surface area contributed by atoms with Crippen molar-refractivity contribution in [3.8, 4) is 28.6 Å². The highest BCUT2D eigenvalue weighted by molar-refractivity contribution is 5.90. The third-order valence-corrected chi connectivity index (χ3v) is 4.70. The van der Waals surface area contributed by atoms with Crippen LogP contribution in [0.3, 0.4) is 0 Å². The zero-order valence-corrected chi connectivity index (χ0v) is 17.7. The molecule has 0 aliphatic heterocycles. The average Bonchev–Trinajstić information content (AvgIpc) is 3.27. The monoisotopic (exact) mass is 430 g/mol. The van der Waals surface area contributed by atoms with Gasteiger partial charge in [0.25, 0.3) is 11.4 Å². The number of hydrogen-bond acceptors (Lipinski definition) is 6. The first-order chi connectivity index (χ1) is 15.5. The molecule has 0 aliphatic carbocycles. The van der Waals surface area contributed by atoms with E-state index in [2.05, 4.69) is 15.5 Å². The van der Waals surface area contributed by atoms with Gasteiger partial charge in [0, 0.05) is 23.5 Å². The van der Waals surface area contributed by atoms with Crippen LogP contribution < -0.4 is 15.6 Å². The molecule has 0 aliphatic rings. The largest absolute Gasteiger partial charge is 0.494 e. The van der Waals surface area contributed by atoms with E-state index in [-0.39, 0.29) is 23.9 Å². The van der Waals surface area contributed by atoms with Gasteiger partial charge >= 0.3 is 0 Å². The van der Waals surface area contributed by atoms with Gasteiger partial charge in [-0.1, -0.05) is 28.9 Å². The number of aromatic nitrogens is 3. The van der Waals surface area contributed by atoms with E-state index in [1.807, 2.05) is 38.1 Å². The van der Waals surface area contributed by atoms with Gasteiger partial charge in [0.2, 0.25) is 11.7 Å². The molecule has 0 saturated heterocycles. The summed E-state index contributed by atoms with van der Waals surface area (Å²) in [5.41, 5.74) is 2.77. The van der Waals surface area contributed by atoms with Gasteiger partial charge in [0.05, 0.1) is 12.2 Å². The fourth-order valence-electron chi connectivity index (χ4n) is 3.18. The molecule has 1 amide bonds. The van der Waals surface area contributed by atoms with Crippen LogP contribution in [0.2, 0.25) is 0 Å². The molecule has 0 spiro atoms. The topological polar surface area (TPSA) is 99.2 Å². The molecule has 2 heterocycles. The highest BCUT2D eigenvalue weighted by atomic mass is 16.5. The van der Waals surface area contributed by atoms with Crippen molar-refractivity contribution in [2.75, 3.05) is 11.9 Å². The second-order valence-electron chi connectivity index (χ2n) is 7.18. The summed E-state index contributed by atoms with van der Waals surface area (Å²) >= 11 is 0. The van der Waals surface area contributed by atoms with Crippen molar-refractivity contribution in [2.24, 2.45) is 0 Å². The molecular weight excluding hydrogens is 408 g/mol. The van der Waals surface area contributed by atoms with E-state index in [1.165, 1.54) is 16.8 Å². The molecule has 0 fully saturated rings. The smallest absolute Gasteiger partial charge is 0.259 e. The third kappa shape index (κ3) is 4.92. The summed E-state index contributed by atoms with van der Waals surface area (Å²) in [6.07, 6.45) is 1.54. The van der Waals surface area contributed by atoms with E-state index < -0.39 is 0 Å². The summed E-state index contributed by atoms with van der Waals surface area (Å²) in [4.78, 5) is 29.2. The number of carbonyl (C=O) groups is 1. The van der Waals surface area contributed by atoms with Gasteiger partial charge in [-0.25, -0.2) is 0 Å². The predicted molar refractivity (Wildman–Crippen MR) is 120 cm³/mol. The second kappa shape index (κ2) is 9.30. The van der Waals surface area contributed by atoms with E-state index >= 15 is 0 Å². The lowest BCUT2D eigenvalue weighted by atomic mass is 10.1. The van der Waals surface area contributed by atoms with Crippen molar-refractivity contribution in [2.45, 2.75) is 20.4 Å². The van der Waals surface area contributed by atoms with Crippen LogP contribution in [0.1, 0.15) is 12.5 Å². The molecule has 1 N–H and O–H groups in total. The molecular formula is C24H22N4O4. The van der Waals surface area contributed by atoms with E-state index in [4.69, 9.17) is 9.26 Å². The molecule has 0 unspecified atom stereocenters. The van der Waals surface area contributed by atoms with Gasteiger partial charge in [-0.15, -0.1) is 0 Å². The molecule has 162 valence electrons. The fraction of sp³-hybridized carbons (Fsp3) is 0.167. The van der Waals surface area contributed by atoms with E-state index in [0.717, 1.165) is 16.9 Å². The predicted octanol–water partition coefficient (Wildman–Crippen LogP) is 3.91. The summed E-state index contributed by atoms with van der Waals surface area (Å²) in [5, 5.41) is 6.80. The van der Waals surface area contributed by atoms with Gasteiger partial charge in [-0.3, -0.25) is 9.59 Å². The van der Waals surface area contributed by atoms with Crippen LogP contribution in [0.25, 0.3) is 22.8 Å². The van der Waals surface area contributed by atoms with Crippen LogP contribution in [-0.2, 0) is 11.3 Å². The van der Waals surface area contributed by atoms with Gasteiger partial charge in [0.15, 0.2) is 0 Å². The highest BCUT2D eigenvalue weighted by Gasteiger charge is 2.13. The van der Waals surface area contributed by atoms with Crippen molar-refractivity contribution < 1.29 is 14.1 Å². The lowest BCUT2D eigenvalue weighted by Crippen LogP contribution is -2.26. The first-order valence-electron chi connectivity index (χ1n) is 10.2. The summed E-state index contributed by atoms with van der Waals surface area (Å²) in [7, 11) is 0. The van der Waals surface area contributed by atoms with Crippen LogP contribution in [-0.4, -0.2) is 27.2 Å². The Kier molecular flexibility index (Phi) is 6.12. The lowest BCUT2D eigenvalue weighted by Gasteiger charge is -2.09. The van der Waals surface area contributed by atoms with Crippen LogP contribution in [0.5, 0.6) is 5.75 Å². The molecule has 0 atom stereocenters. The number of aryl methyl sites for hydroxylation is 1. The molecule has 0 radical (unpaired) electrons. The van der Waals surface area contributed by atoms with E-state index in [1.54, 1.807) is 30.3 Å². The molecule has 4 aromatic rings. The number of pyridine rings is 1. The number of nitrogens with one attached hydrogen (secondary N) is 1. The Labute approximate surface area is 184 Å². The van der Waals surface area contributed by atoms with Crippen molar-refractivity contribution >= 4 is 11.6 Å².